The third kappa shape index (κ3) is 5.29. The van der Waals surface area contributed by atoms with Crippen LogP contribution in [0.15, 0.2) is 55.0 Å². The first-order valence-corrected chi connectivity index (χ1v) is 8.90. The van der Waals surface area contributed by atoms with E-state index in [2.05, 4.69) is 15.0 Å². The van der Waals surface area contributed by atoms with E-state index in [9.17, 15) is 18.0 Å². The maximum atomic E-state index is 12.9. The Hall–Kier alpha value is -3.00. The summed E-state index contributed by atoms with van der Waals surface area (Å²) in [5.74, 6) is -0.526. The van der Waals surface area contributed by atoms with Crippen molar-refractivity contribution in [3.63, 3.8) is 0 Å². The highest BCUT2D eigenvalue weighted by Gasteiger charge is 2.39. The first-order chi connectivity index (χ1) is 13.7. The molecule has 2 heterocycles. The Labute approximate surface area is 169 Å². The lowest BCUT2D eigenvalue weighted by molar-refractivity contribution is -0.189. The number of benzene rings is 1. The molecule has 0 unspecified atom stereocenters. The Balaban J connectivity index is 1.95. The maximum Gasteiger partial charge on any atom is 0.425 e. The largest absolute Gasteiger partial charge is 0.463 e. The molecule has 0 radical (unpaired) electrons. The Morgan fingerprint density at radius 2 is 1.90 bits per heavy atom. The lowest BCUT2D eigenvalue weighted by Crippen LogP contribution is -2.31. The fourth-order valence-electron chi connectivity index (χ4n) is 2.41. The summed E-state index contributed by atoms with van der Waals surface area (Å²) in [6, 6.07) is 9.57. The van der Waals surface area contributed by atoms with Gasteiger partial charge in [-0.15, -0.1) is 0 Å². The summed E-state index contributed by atoms with van der Waals surface area (Å²) in [7, 11) is 0. The van der Waals surface area contributed by atoms with Crippen LogP contribution in [0.1, 0.15) is 23.0 Å². The second-order valence-electron chi connectivity index (χ2n) is 6.17. The molecule has 0 N–H and O–H groups in total. The maximum absolute atomic E-state index is 12.9. The van der Waals surface area contributed by atoms with Crippen molar-refractivity contribution >= 4 is 17.4 Å². The van der Waals surface area contributed by atoms with Crippen LogP contribution in [0.5, 0.6) is 5.88 Å². The van der Waals surface area contributed by atoms with Crippen LogP contribution in [0.2, 0.25) is 5.02 Å². The zero-order valence-corrected chi connectivity index (χ0v) is 15.9. The summed E-state index contributed by atoms with van der Waals surface area (Å²) in [6.45, 7) is 0.882. The third-order valence-electron chi connectivity index (χ3n) is 3.98. The molecule has 0 aliphatic carbocycles. The van der Waals surface area contributed by atoms with Gasteiger partial charge in [0.2, 0.25) is 5.88 Å². The van der Waals surface area contributed by atoms with E-state index in [1.165, 1.54) is 12.4 Å². The summed E-state index contributed by atoms with van der Waals surface area (Å²) in [5.41, 5.74) is 1.24. The number of pyridine rings is 1. The van der Waals surface area contributed by atoms with Gasteiger partial charge in [-0.25, -0.2) is 9.97 Å². The summed E-state index contributed by atoms with van der Waals surface area (Å²) < 4.78 is 43.8. The summed E-state index contributed by atoms with van der Waals surface area (Å²) >= 11 is 5.88. The van der Waals surface area contributed by atoms with Gasteiger partial charge in [0.05, 0.1) is 18.3 Å². The molecule has 0 saturated heterocycles. The highest BCUT2D eigenvalue weighted by Crippen LogP contribution is 2.31. The highest BCUT2D eigenvalue weighted by molar-refractivity contribution is 6.30. The van der Waals surface area contributed by atoms with Gasteiger partial charge in [0.1, 0.15) is 5.69 Å². The minimum atomic E-state index is -4.56. The van der Waals surface area contributed by atoms with Gasteiger partial charge in [0, 0.05) is 28.5 Å². The monoisotopic (exact) mass is 421 g/mol. The number of hydrogen-bond donors (Lipinski definition) is 0. The molecule has 1 aromatic carbocycles. The Morgan fingerprint density at radius 3 is 2.52 bits per heavy atom. The van der Waals surface area contributed by atoms with Crippen LogP contribution in [0, 0.1) is 0 Å². The van der Waals surface area contributed by atoms with Crippen LogP contribution in [-0.4, -0.2) is 33.0 Å². The fourth-order valence-corrected chi connectivity index (χ4v) is 2.54. The van der Waals surface area contributed by atoms with Crippen LogP contribution in [0.4, 0.5) is 13.2 Å². The van der Waals surface area contributed by atoms with Gasteiger partial charge in [0.25, 0.3) is 0 Å². The van der Waals surface area contributed by atoms with Crippen LogP contribution in [0.3, 0.4) is 0 Å². The molecule has 0 aliphatic rings. The molecule has 5 nitrogen and oxygen atoms in total. The molecule has 0 saturated carbocycles. The molecule has 0 spiro atoms. The average molecular weight is 422 g/mol. The number of carbonyl (C=O) groups is 1. The Bertz CT molecular complexity index is 996. The predicted molar refractivity (Wildman–Crippen MR) is 101 cm³/mol. The highest BCUT2D eigenvalue weighted by atomic mass is 35.5. The smallest absolute Gasteiger partial charge is 0.425 e. The van der Waals surface area contributed by atoms with Crippen molar-refractivity contribution in [1.82, 2.24) is 15.0 Å². The van der Waals surface area contributed by atoms with Crippen molar-refractivity contribution in [2.75, 3.05) is 0 Å². The quantitative estimate of drug-likeness (QED) is 0.527. The molecule has 150 valence electrons. The van der Waals surface area contributed by atoms with Gasteiger partial charge in [0.15, 0.2) is 11.9 Å². The SMILES string of the molecule is C[C@H](Oc1ncc(CC(=O)c2cccnc2)nc1-c1ccc(Cl)cc1)C(F)(F)F. The molecular weight excluding hydrogens is 407 g/mol. The van der Waals surface area contributed by atoms with Crippen molar-refractivity contribution in [2.45, 2.75) is 25.6 Å². The van der Waals surface area contributed by atoms with Gasteiger partial charge in [-0.05, 0) is 31.2 Å². The predicted octanol–water partition coefficient (Wildman–Crippen LogP) is 4.95. The zero-order chi connectivity index (χ0) is 21.0. The summed E-state index contributed by atoms with van der Waals surface area (Å²) in [5, 5.41) is 0.454. The average Bonchev–Trinajstić information content (AvgIpc) is 2.69. The van der Waals surface area contributed by atoms with Crippen LogP contribution >= 0.6 is 11.6 Å². The Kier molecular flexibility index (Phi) is 6.12. The van der Waals surface area contributed by atoms with E-state index in [0.29, 0.717) is 16.1 Å². The Morgan fingerprint density at radius 1 is 1.17 bits per heavy atom. The third-order valence-corrected chi connectivity index (χ3v) is 4.23. The number of ketones is 1. The molecule has 0 fully saturated rings. The molecule has 3 aromatic rings. The second kappa shape index (κ2) is 8.57. The zero-order valence-electron chi connectivity index (χ0n) is 15.2. The van der Waals surface area contributed by atoms with Gasteiger partial charge in [-0.1, -0.05) is 23.7 Å². The number of ether oxygens (including phenoxy) is 1. The lowest BCUT2D eigenvalue weighted by atomic mass is 10.1. The fraction of sp³-hybridized carbons (Fsp3) is 0.200. The van der Waals surface area contributed by atoms with Crippen LogP contribution in [0.25, 0.3) is 11.3 Å². The van der Waals surface area contributed by atoms with Crippen molar-refractivity contribution in [3.05, 3.63) is 71.3 Å². The van der Waals surface area contributed by atoms with Crippen molar-refractivity contribution in [1.29, 1.82) is 0 Å². The molecule has 1 atom stereocenters. The molecular formula is C20H15ClF3N3O2. The molecule has 0 bridgehead atoms. The molecule has 0 aliphatic heterocycles. The van der Waals surface area contributed by atoms with Crippen molar-refractivity contribution in [2.24, 2.45) is 0 Å². The first-order valence-electron chi connectivity index (χ1n) is 8.52. The van der Waals surface area contributed by atoms with E-state index in [4.69, 9.17) is 16.3 Å². The number of carbonyl (C=O) groups excluding carboxylic acids is 1. The van der Waals surface area contributed by atoms with E-state index in [1.54, 1.807) is 42.6 Å². The van der Waals surface area contributed by atoms with Crippen molar-refractivity contribution in [3.8, 4) is 17.1 Å². The van der Waals surface area contributed by atoms with E-state index in [0.717, 1.165) is 6.92 Å². The molecule has 3 rings (SSSR count). The number of aromatic nitrogens is 3. The van der Waals surface area contributed by atoms with E-state index in [-0.39, 0.29) is 29.5 Å². The summed E-state index contributed by atoms with van der Waals surface area (Å²) in [6.07, 6.45) is -2.53. The van der Waals surface area contributed by atoms with E-state index < -0.39 is 12.3 Å². The summed E-state index contributed by atoms with van der Waals surface area (Å²) in [4.78, 5) is 24.6. The van der Waals surface area contributed by atoms with Gasteiger partial charge in [-0.2, -0.15) is 13.2 Å². The second-order valence-corrected chi connectivity index (χ2v) is 6.60. The first kappa shape index (κ1) is 20.7. The van der Waals surface area contributed by atoms with Gasteiger partial charge >= 0.3 is 6.18 Å². The number of alkyl halides is 3. The van der Waals surface area contributed by atoms with Crippen LogP contribution in [-0.2, 0) is 6.42 Å². The van der Waals surface area contributed by atoms with Gasteiger partial charge in [-0.3, -0.25) is 9.78 Å². The number of Topliss-reactive ketones (excluding diaryl/α,β-unsaturated/α-hetero) is 1. The number of nitrogens with zero attached hydrogens (tertiary/aromatic N) is 3. The van der Waals surface area contributed by atoms with E-state index in [1.807, 2.05) is 0 Å². The van der Waals surface area contributed by atoms with Crippen LogP contribution < -0.4 is 4.74 Å². The molecule has 2 aromatic heterocycles. The van der Waals surface area contributed by atoms with Crippen molar-refractivity contribution < 1.29 is 22.7 Å². The molecule has 0 amide bonds. The minimum Gasteiger partial charge on any atom is -0.463 e. The van der Waals surface area contributed by atoms with Gasteiger partial charge < -0.3 is 4.74 Å². The molecule has 29 heavy (non-hydrogen) atoms. The minimum absolute atomic E-state index is 0.0889. The number of halogens is 4. The molecule has 9 heteroatoms. The standard InChI is InChI=1S/C20H15ClF3N3O2/c1-12(20(22,23)24)29-19-18(13-4-6-15(21)7-5-13)27-16(11-26-19)9-17(28)14-3-2-8-25-10-14/h2-8,10-12H,9H2,1H3/t12-/m0/s1. The lowest BCUT2D eigenvalue weighted by Gasteiger charge is -2.19. The number of hydrogen-bond acceptors (Lipinski definition) is 5. The topological polar surface area (TPSA) is 65.0 Å². The number of rotatable bonds is 6. The normalized spacial score (nSPS) is 12.4. The van der Waals surface area contributed by atoms with E-state index >= 15 is 0 Å².